The van der Waals surface area contributed by atoms with Gasteiger partial charge in [0.1, 0.15) is 35.9 Å². The van der Waals surface area contributed by atoms with Crippen LogP contribution in [0, 0.1) is 13.1 Å². The standard InChI is InChI=1S/2C22H18N6O/c2*1-14(27-21-19(24-2)20(23)25-13-26-21)17-12-16-10-6-7-11-28(16)22(29)18(17)15-8-4-3-5-9-15/h2*3-14H,1H3,(H3,23,25,26,27)/t2*14-/m10/s1. The number of aromatic nitrogens is 6. The molecule has 6 aromatic heterocycles. The molecule has 14 heteroatoms. The number of anilines is 4. The van der Waals surface area contributed by atoms with Crippen LogP contribution >= 0.6 is 0 Å². The summed E-state index contributed by atoms with van der Waals surface area (Å²) in [6.07, 6.45) is 6.14. The Labute approximate surface area is 332 Å². The van der Waals surface area contributed by atoms with Crippen LogP contribution in [0.5, 0.6) is 0 Å². The summed E-state index contributed by atoms with van der Waals surface area (Å²) in [7, 11) is 0. The van der Waals surface area contributed by atoms with Gasteiger partial charge in [-0.2, -0.15) is 0 Å². The van der Waals surface area contributed by atoms with Crippen LogP contribution in [0.15, 0.2) is 144 Å². The lowest BCUT2D eigenvalue weighted by Crippen LogP contribution is -2.21. The number of hydrogen-bond donors (Lipinski definition) is 4. The van der Waals surface area contributed by atoms with Gasteiger partial charge in [-0.25, -0.2) is 29.6 Å². The number of pyridine rings is 4. The number of nitrogen functional groups attached to an aromatic ring is 2. The van der Waals surface area contributed by atoms with Gasteiger partial charge in [0.25, 0.3) is 22.5 Å². The number of hydrogen-bond acceptors (Lipinski definition) is 10. The van der Waals surface area contributed by atoms with Gasteiger partial charge in [-0.05, 0) is 72.5 Å². The first kappa shape index (κ1) is 37.9. The third-order valence-electron chi connectivity index (χ3n) is 9.52. The minimum absolute atomic E-state index is 0.106. The molecule has 8 aromatic rings. The molecule has 0 saturated carbocycles. The van der Waals surface area contributed by atoms with E-state index in [1.165, 1.54) is 12.7 Å². The lowest BCUT2D eigenvalue weighted by molar-refractivity contribution is 0.868. The summed E-state index contributed by atoms with van der Waals surface area (Å²) >= 11 is 0. The number of rotatable bonds is 8. The molecule has 2 atom stereocenters. The smallest absolute Gasteiger partial charge is 0.268 e. The zero-order valence-electron chi connectivity index (χ0n) is 31.4. The van der Waals surface area contributed by atoms with E-state index >= 15 is 0 Å². The second-order valence-corrected chi connectivity index (χ2v) is 13.2. The Kier molecular flexibility index (Phi) is 10.8. The van der Waals surface area contributed by atoms with Crippen molar-refractivity contribution in [2.24, 2.45) is 0 Å². The van der Waals surface area contributed by atoms with Gasteiger partial charge in [-0.3, -0.25) is 18.4 Å². The van der Waals surface area contributed by atoms with Gasteiger partial charge in [0.05, 0.1) is 24.3 Å². The maximum absolute atomic E-state index is 13.3. The largest absolute Gasteiger partial charge is 0.392 e. The zero-order chi connectivity index (χ0) is 40.8. The summed E-state index contributed by atoms with van der Waals surface area (Å²) in [5.41, 5.74) is 17.8. The van der Waals surface area contributed by atoms with E-state index < -0.39 is 0 Å². The minimum atomic E-state index is -0.307. The van der Waals surface area contributed by atoms with Crippen molar-refractivity contribution in [1.82, 2.24) is 28.7 Å². The summed E-state index contributed by atoms with van der Waals surface area (Å²) in [5.74, 6) is 0.915. The van der Waals surface area contributed by atoms with E-state index in [1.54, 1.807) is 21.2 Å². The molecule has 0 bridgehead atoms. The molecule has 0 fully saturated rings. The third kappa shape index (κ3) is 7.49. The van der Waals surface area contributed by atoms with Crippen LogP contribution in [0.2, 0.25) is 0 Å². The molecule has 0 aliphatic carbocycles. The summed E-state index contributed by atoms with van der Waals surface area (Å²) in [5, 5.41) is 6.46. The average Bonchev–Trinajstić information content (AvgIpc) is 3.24. The number of nitrogens with two attached hydrogens (primary N) is 2. The molecule has 14 nitrogen and oxygen atoms in total. The van der Waals surface area contributed by atoms with Crippen LogP contribution in [0.4, 0.5) is 34.6 Å². The van der Waals surface area contributed by atoms with Gasteiger partial charge in [0, 0.05) is 35.5 Å². The Morgan fingerprint density at radius 3 is 1.33 bits per heavy atom. The predicted octanol–water partition coefficient (Wildman–Crippen LogP) is 8.13. The molecule has 0 spiro atoms. The zero-order valence-corrected chi connectivity index (χ0v) is 31.4. The summed E-state index contributed by atoms with van der Waals surface area (Å²) in [4.78, 5) is 49.6. The molecule has 0 radical (unpaired) electrons. The summed E-state index contributed by atoms with van der Waals surface area (Å²) in [6.45, 7) is 18.6. The van der Waals surface area contributed by atoms with Crippen LogP contribution in [0.25, 0.3) is 43.0 Å². The monoisotopic (exact) mass is 764 g/mol. The molecule has 0 aliphatic heterocycles. The van der Waals surface area contributed by atoms with Crippen molar-refractivity contribution in [3.8, 4) is 22.3 Å². The Hall–Kier alpha value is -8.36. The van der Waals surface area contributed by atoms with E-state index in [1.807, 2.05) is 123 Å². The van der Waals surface area contributed by atoms with Gasteiger partial charge in [-0.1, -0.05) is 72.8 Å². The van der Waals surface area contributed by atoms with Crippen LogP contribution in [-0.4, -0.2) is 28.7 Å². The first-order valence-electron chi connectivity index (χ1n) is 18.1. The molecule has 8 rings (SSSR count). The number of benzene rings is 2. The molecule has 2 aromatic carbocycles. The van der Waals surface area contributed by atoms with Gasteiger partial charge in [-0.15, -0.1) is 0 Å². The molecule has 284 valence electrons. The fraction of sp³-hybridized carbons (Fsp3) is 0.0909. The molecule has 0 unspecified atom stereocenters. The average molecular weight is 765 g/mol. The van der Waals surface area contributed by atoms with Gasteiger partial charge < -0.3 is 22.1 Å². The van der Waals surface area contributed by atoms with E-state index in [-0.39, 0.29) is 46.2 Å². The Balaban J connectivity index is 0.000000177. The van der Waals surface area contributed by atoms with Gasteiger partial charge in [0.2, 0.25) is 0 Å². The fourth-order valence-electron chi connectivity index (χ4n) is 6.72. The number of fused-ring (bicyclic) bond motifs is 2. The van der Waals surface area contributed by atoms with E-state index in [0.717, 1.165) is 33.3 Å². The molecule has 0 saturated heterocycles. The van der Waals surface area contributed by atoms with E-state index in [2.05, 4.69) is 40.3 Å². The van der Waals surface area contributed by atoms with Gasteiger partial charge in [0.15, 0.2) is 0 Å². The number of nitrogens with zero attached hydrogens (tertiary/aromatic N) is 8. The topological polar surface area (TPSA) is 179 Å². The van der Waals surface area contributed by atoms with Crippen molar-refractivity contribution in [2.45, 2.75) is 25.9 Å². The lowest BCUT2D eigenvalue weighted by Gasteiger charge is -2.20. The second kappa shape index (κ2) is 16.6. The quantitative estimate of drug-likeness (QED) is 0.110. The first-order valence-corrected chi connectivity index (χ1v) is 18.1. The molecule has 0 aliphatic rings. The molecule has 6 N–H and O–H groups in total. The van der Waals surface area contributed by atoms with Crippen LogP contribution in [0.3, 0.4) is 0 Å². The van der Waals surface area contributed by atoms with Crippen LogP contribution in [-0.2, 0) is 0 Å². The normalized spacial score (nSPS) is 11.7. The molecular formula is C44H36N12O2. The van der Waals surface area contributed by atoms with Gasteiger partial charge >= 0.3 is 0 Å². The highest BCUT2D eigenvalue weighted by Crippen LogP contribution is 2.35. The predicted molar refractivity (Wildman–Crippen MR) is 228 cm³/mol. The SMILES string of the molecule is [C-]#[N+]c1c(N)ncnc1N[C@@H](C)c1cc2ccccn2c(=O)c1-c1ccccc1.[C-]#[N+]c1c(N)ncnc1N[C@H](C)c1cc2ccccn2c(=O)c1-c1ccccc1. The maximum Gasteiger partial charge on any atom is 0.268 e. The fourth-order valence-corrected chi connectivity index (χ4v) is 6.72. The van der Waals surface area contributed by atoms with Crippen molar-refractivity contribution in [1.29, 1.82) is 0 Å². The van der Waals surface area contributed by atoms with Crippen molar-refractivity contribution in [3.63, 3.8) is 0 Å². The van der Waals surface area contributed by atoms with Crippen molar-refractivity contribution in [3.05, 3.63) is 189 Å². The van der Waals surface area contributed by atoms with Crippen LogP contribution < -0.4 is 33.2 Å². The van der Waals surface area contributed by atoms with Crippen molar-refractivity contribution < 1.29 is 0 Å². The highest BCUT2D eigenvalue weighted by molar-refractivity contribution is 5.79. The third-order valence-corrected chi connectivity index (χ3v) is 9.52. The van der Waals surface area contributed by atoms with Crippen LogP contribution in [0.1, 0.15) is 37.1 Å². The maximum atomic E-state index is 13.3. The Bertz CT molecular complexity index is 2790. The molecule has 6 heterocycles. The Morgan fingerprint density at radius 1 is 0.569 bits per heavy atom. The van der Waals surface area contributed by atoms with E-state index in [9.17, 15) is 9.59 Å². The number of nitrogens with one attached hydrogen (secondary N) is 2. The van der Waals surface area contributed by atoms with Crippen molar-refractivity contribution >= 4 is 45.7 Å². The highest BCUT2D eigenvalue weighted by Gasteiger charge is 2.22. The molecule has 58 heavy (non-hydrogen) atoms. The molecule has 0 amide bonds. The summed E-state index contributed by atoms with van der Waals surface area (Å²) in [6, 6.07) is 33.6. The summed E-state index contributed by atoms with van der Waals surface area (Å²) < 4.78 is 3.26. The lowest BCUT2D eigenvalue weighted by atomic mass is 9.96. The Morgan fingerprint density at radius 2 is 0.948 bits per heavy atom. The minimum Gasteiger partial charge on any atom is -0.392 e. The van der Waals surface area contributed by atoms with E-state index in [4.69, 9.17) is 24.6 Å². The second-order valence-electron chi connectivity index (χ2n) is 13.2. The van der Waals surface area contributed by atoms with Crippen molar-refractivity contribution in [2.75, 3.05) is 22.1 Å². The first-order chi connectivity index (χ1) is 28.2. The highest BCUT2D eigenvalue weighted by atomic mass is 16.1. The van der Waals surface area contributed by atoms with E-state index in [0.29, 0.717) is 22.8 Å². The molecular weight excluding hydrogens is 729 g/mol.